The number of thiocarbonyl (C=S) groups is 1. The lowest BCUT2D eigenvalue weighted by Crippen LogP contribution is -2.34. The molecule has 6 heteroatoms. The first-order valence-electron chi connectivity index (χ1n) is 6.52. The van der Waals surface area contributed by atoms with Crippen molar-refractivity contribution in [1.82, 2.24) is 5.32 Å². The van der Waals surface area contributed by atoms with E-state index < -0.39 is 0 Å². The van der Waals surface area contributed by atoms with Crippen molar-refractivity contribution in [3.63, 3.8) is 0 Å². The average molecular weight is 426 g/mol. The minimum atomic E-state index is -0.259. The highest BCUT2D eigenvalue weighted by Gasteiger charge is 2.10. The first kappa shape index (κ1) is 16.7. The van der Waals surface area contributed by atoms with Gasteiger partial charge in [0.15, 0.2) is 5.11 Å². The van der Waals surface area contributed by atoms with Crippen LogP contribution in [0.3, 0.4) is 0 Å². The van der Waals surface area contributed by atoms with E-state index in [9.17, 15) is 4.79 Å². The molecule has 0 saturated carbocycles. The molecule has 0 unspecified atom stereocenters. The van der Waals surface area contributed by atoms with E-state index >= 15 is 0 Å². The number of aryl methyl sites for hydroxylation is 1. The number of ether oxygens (including phenoxy) is 1. The molecule has 2 aromatic rings. The highest BCUT2D eigenvalue weighted by Crippen LogP contribution is 2.21. The Kier molecular flexibility index (Phi) is 5.73. The van der Waals surface area contributed by atoms with E-state index in [1.54, 1.807) is 25.3 Å². The highest BCUT2D eigenvalue weighted by molar-refractivity contribution is 14.1. The summed E-state index contributed by atoms with van der Waals surface area (Å²) in [6.45, 7) is 1.99. The Morgan fingerprint density at radius 1 is 1.23 bits per heavy atom. The minimum Gasteiger partial charge on any atom is -0.496 e. The molecule has 0 fully saturated rings. The van der Waals surface area contributed by atoms with E-state index in [4.69, 9.17) is 17.0 Å². The number of methoxy groups -OCH3 is 1. The molecule has 114 valence electrons. The fraction of sp³-hybridized carbons (Fsp3) is 0.125. The first-order valence-corrected chi connectivity index (χ1v) is 8.01. The number of carbonyl (C=O) groups excluding carboxylic acids is 1. The summed E-state index contributed by atoms with van der Waals surface area (Å²) in [6.07, 6.45) is 0. The van der Waals surface area contributed by atoms with Crippen molar-refractivity contribution in [2.45, 2.75) is 6.92 Å². The van der Waals surface area contributed by atoms with Crippen LogP contribution in [0.2, 0.25) is 0 Å². The van der Waals surface area contributed by atoms with E-state index in [0.29, 0.717) is 5.56 Å². The quantitative estimate of drug-likeness (QED) is 0.580. The van der Waals surface area contributed by atoms with Gasteiger partial charge in [0, 0.05) is 11.3 Å². The third kappa shape index (κ3) is 4.41. The predicted octanol–water partition coefficient (Wildman–Crippen LogP) is 3.74. The summed E-state index contributed by atoms with van der Waals surface area (Å²) >= 11 is 7.29. The van der Waals surface area contributed by atoms with Gasteiger partial charge in [-0.2, -0.15) is 0 Å². The number of anilines is 1. The van der Waals surface area contributed by atoms with Crippen molar-refractivity contribution < 1.29 is 9.53 Å². The van der Waals surface area contributed by atoms with Crippen LogP contribution in [0.1, 0.15) is 15.9 Å². The lowest BCUT2D eigenvalue weighted by atomic mass is 10.2. The molecule has 1 amide bonds. The van der Waals surface area contributed by atoms with Gasteiger partial charge in [-0.15, -0.1) is 0 Å². The molecule has 0 aliphatic carbocycles. The second-order valence-corrected chi connectivity index (χ2v) is 6.20. The third-order valence-electron chi connectivity index (χ3n) is 2.92. The fourth-order valence-corrected chi connectivity index (χ4v) is 2.81. The number of benzene rings is 2. The van der Waals surface area contributed by atoms with Crippen LogP contribution in [-0.4, -0.2) is 18.1 Å². The maximum absolute atomic E-state index is 12.2. The third-order valence-corrected chi connectivity index (χ3v) is 3.96. The van der Waals surface area contributed by atoms with Gasteiger partial charge < -0.3 is 10.1 Å². The fourth-order valence-electron chi connectivity index (χ4n) is 1.87. The summed E-state index contributed by atoms with van der Waals surface area (Å²) in [6, 6.07) is 13.0. The number of carbonyl (C=O) groups is 1. The molecule has 22 heavy (non-hydrogen) atoms. The Balaban J connectivity index is 2.02. The van der Waals surface area contributed by atoms with Crippen LogP contribution in [0.4, 0.5) is 5.69 Å². The number of halogens is 1. The molecular weight excluding hydrogens is 411 g/mol. The van der Waals surface area contributed by atoms with Crippen LogP contribution in [0.15, 0.2) is 42.5 Å². The lowest BCUT2D eigenvalue weighted by Gasteiger charge is -2.11. The molecule has 0 radical (unpaired) electrons. The van der Waals surface area contributed by atoms with Crippen LogP contribution in [0.25, 0.3) is 0 Å². The SMILES string of the molecule is COc1ccc(C(=O)NC(=S)Nc2cccc(C)c2)cc1I. The normalized spacial score (nSPS) is 9.95. The van der Waals surface area contributed by atoms with E-state index in [0.717, 1.165) is 20.6 Å². The summed E-state index contributed by atoms with van der Waals surface area (Å²) in [5, 5.41) is 5.92. The second kappa shape index (κ2) is 7.55. The number of rotatable bonds is 3. The molecule has 2 aromatic carbocycles. The average Bonchev–Trinajstić information content (AvgIpc) is 2.46. The number of hydrogen-bond donors (Lipinski definition) is 2. The van der Waals surface area contributed by atoms with E-state index in [2.05, 4.69) is 33.2 Å². The van der Waals surface area contributed by atoms with Gasteiger partial charge >= 0.3 is 0 Å². The summed E-state index contributed by atoms with van der Waals surface area (Å²) in [5.41, 5.74) is 2.48. The smallest absolute Gasteiger partial charge is 0.257 e. The molecule has 0 saturated heterocycles. The standard InChI is InChI=1S/C16H15IN2O2S/c1-10-4-3-5-12(8-10)18-16(22)19-15(20)11-6-7-14(21-2)13(17)9-11/h3-9H,1-2H3,(H2,18,19,20,22). The van der Waals surface area contributed by atoms with Crippen LogP contribution >= 0.6 is 34.8 Å². The van der Waals surface area contributed by atoms with Gasteiger partial charge in [-0.05, 0) is 77.6 Å². The van der Waals surface area contributed by atoms with E-state index in [-0.39, 0.29) is 11.0 Å². The van der Waals surface area contributed by atoms with Gasteiger partial charge in [0.25, 0.3) is 5.91 Å². The van der Waals surface area contributed by atoms with Crippen LogP contribution < -0.4 is 15.4 Å². The van der Waals surface area contributed by atoms with E-state index in [1.807, 2.05) is 31.2 Å². The Hall–Kier alpha value is -1.67. The Morgan fingerprint density at radius 3 is 2.64 bits per heavy atom. The zero-order valence-corrected chi connectivity index (χ0v) is 15.1. The molecular formula is C16H15IN2O2S. The van der Waals surface area contributed by atoms with Gasteiger partial charge in [0.2, 0.25) is 0 Å². The molecule has 0 aliphatic rings. The zero-order chi connectivity index (χ0) is 16.1. The van der Waals surface area contributed by atoms with Gasteiger partial charge in [0.05, 0.1) is 10.7 Å². The molecule has 4 nitrogen and oxygen atoms in total. The summed E-state index contributed by atoms with van der Waals surface area (Å²) < 4.78 is 6.04. The van der Waals surface area contributed by atoms with Crippen molar-refractivity contribution in [2.75, 3.05) is 12.4 Å². The number of hydrogen-bond acceptors (Lipinski definition) is 3. The Morgan fingerprint density at radius 2 is 2.00 bits per heavy atom. The summed E-state index contributed by atoms with van der Waals surface area (Å²) in [4.78, 5) is 12.2. The minimum absolute atomic E-state index is 0.259. The van der Waals surface area contributed by atoms with Crippen LogP contribution in [-0.2, 0) is 0 Å². The van der Waals surface area contributed by atoms with Gasteiger partial charge in [-0.25, -0.2) is 0 Å². The van der Waals surface area contributed by atoms with Crippen LogP contribution in [0, 0.1) is 10.5 Å². The first-order chi connectivity index (χ1) is 10.5. The molecule has 0 spiro atoms. The maximum Gasteiger partial charge on any atom is 0.257 e. The molecule has 0 aromatic heterocycles. The summed E-state index contributed by atoms with van der Waals surface area (Å²) in [5.74, 6) is 0.475. The second-order valence-electron chi connectivity index (χ2n) is 4.63. The Bertz CT molecular complexity index is 719. The molecule has 0 aliphatic heterocycles. The molecule has 2 N–H and O–H groups in total. The summed E-state index contributed by atoms with van der Waals surface area (Å²) in [7, 11) is 1.60. The van der Waals surface area contributed by atoms with Crippen molar-refractivity contribution in [2.24, 2.45) is 0 Å². The van der Waals surface area contributed by atoms with Crippen molar-refractivity contribution >= 4 is 51.5 Å². The molecule has 2 rings (SSSR count). The topological polar surface area (TPSA) is 50.4 Å². The van der Waals surface area contributed by atoms with Gasteiger partial charge in [-0.1, -0.05) is 12.1 Å². The van der Waals surface area contributed by atoms with Crippen molar-refractivity contribution in [1.29, 1.82) is 0 Å². The Labute approximate surface area is 148 Å². The van der Waals surface area contributed by atoms with E-state index in [1.165, 1.54) is 0 Å². The lowest BCUT2D eigenvalue weighted by molar-refractivity contribution is 0.0977. The maximum atomic E-state index is 12.2. The zero-order valence-electron chi connectivity index (χ0n) is 12.1. The monoisotopic (exact) mass is 426 g/mol. The molecule has 0 heterocycles. The van der Waals surface area contributed by atoms with Gasteiger partial charge in [-0.3, -0.25) is 10.1 Å². The largest absolute Gasteiger partial charge is 0.496 e. The number of amides is 1. The molecule has 0 bridgehead atoms. The van der Waals surface area contributed by atoms with Crippen LogP contribution in [0.5, 0.6) is 5.75 Å². The number of nitrogens with one attached hydrogen (secondary N) is 2. The van der Waals surface area contributed by atoms with Crippen molar-refractivity contribution in [3.8, 4) is 5.75 Å². The van der Waals surface area contributed by atoms with Crippen molar-refractivity contribution in [3.05, 3.63) is 57.2 Å². The van der Waals surface area contributed by atoms with Gasteiger partial charge in [0.1, 0.15) is 5.75 Å². The molecule has 0 atom stereocenters. The highest BCUT2D eigenvalue weighted by atomic mass is 127. The predicted molar refractivity (Wildman–Crippen MR) is 101 cm³/mol.